The van der Waals surface area contributed by atoms with Crippen molar-refractivity contribution >= 4 is 41.7 Å². The minimum absolute atomic E-state index is 0. The summed E-state index contributed by atoms with van der Waals surface area (Å²) in [7, 11) is 0. The van der Waals surface area contributed by atoms with Gasteiger partial charge in [-0.05, 0) is 43.7 Å². The second kappa shape index (κ2) is 13.7. The van der Waals surface area contributed by atoms with Gasteiger partial charge in [-0.25, -0.2) is 4.99 Å². The van der Waals surface area contributed by atoms with E-state index in [4.69, 9.17) is 9.47 Å². The van der Waals surface area contributed by atoms with Gasteiger partial charge in [0.05, 0.1) is 19.3 Å². The molecule has 1 fully saturated rings. The molecule has 0 radical (unpaired) electrons. The lowest BCUT2D eigenvalue weighted by atomic mass is 10.2. The number of halogens is 1. The first-order valence-electron chi connectivity index (χ1n) is 8.66. The molecule has 0 amide bonds. The van der Waals surface area contributed by atoms with E-state index < -0.39 is 0 Å². The van der Waals surface area contributed by atoms with Gasteiger partial charge in [0.25, 0.3) is 0 Å². The predicted octanol–water partition coefficient (Wildman–Crippen LogP) is 3.28. The molecule has 0 aromatic heterocycles. The molecule has 5 nitrogen and oxygen atoms in total. The molecule has 2 N–H and O–H groups in total. The van der Waals surface area contributed by atoms with Gasteiger partial charge in [0.2, 0.25) is 0 Å². The van der Waals surface area contributed by atoms with Crippen molar-refractivity contribution in [2.45, 2.75) is 37.3 Å². The van der Waals surface area contributed by atoms with Crippen molar-refractivity contribution in [3.8, 4) is 0 Å². The van der Waals surface area contributed by atoms with Crippen molar-refractivity contribution in [1.29, 1.82) is 0 Å². The highest BCUT2D eigenvalue weighted by Gasteiger charge is 2.15. The molecular weight excluding hydrogens is 449 g/mol. The van der Waals surface area contributed by atoms with Crippen LogP contribution in [-0.2, 0) is 16.0 Å². The number of ether oxygens (including phenoxy) is 2. The summed E-state index contributed by atoms with van der Waals surface area (Å²) in [6.07, 6.45) is 4.36. The van der Waals surface area contributed by atoms with Gasteiger partial charge in [0.15, 0.2) is 5.96 Å². The summed E-state index contributed by atoms with van der Waals surface area (Å²) in [4.78, 5) is 5.92. The van der Waals surface area contributed by atoms with Gasteiger partial charge in [-0.3, -0.25) is 0 Å². The smallest absolute Gasteiger partial charge is 0.191 e. The van der Waals surface area contributed by atoms with E-state index >= 15 is 0 Å². The predicted molar refractivity (Wildman–Crippen MR) is 116 cm³/mol. The molecule has 0 spiro atoms. The summed E-state index contributed by atoms with van der Waals surface area (Å²) >= 11 is 1.75. The molecule has 1 unspecified atom stereocenters. The standard InChI is InChI=1S/C18H29N3O2S.HI/c1-3-19-18(20-10-4-11-23-16-9-12-22-14-16)21-13-15-5-7-17(24-2)8-6-15;/h5-8,16H,3-4,9-14H2,1-2H3,(H2,19,20,21);1H. The normalized spacial score (nSPS) is 17.2. The number of nitrogens with one attached hydrogen (secondary N) is 2. The van der Waals surface area contributed by atoms with Crippen LogP contribution >= 0.6 is 35.7 Å². The fourth-order valence-corrected chi connectivity index (χ4v) is 2.82. The van der Waals surface area contributed by atoms with Crippen LogP contribution in [-0.4, -0.2) is 51.2 Å². The van der Waals surface area contributed by atoms with Crippen LogP contribution in [0.15, 0.2) is 34.2 Å². The van der Waals surface area contributed by atoms with Gasteiger partial charge in [0.1, 0.15) is 0 Å². The molecule has 1 aliphatic heterocycles. The molecule has 0 aliphatic carbocycles. The summed E-state index contributed by atoms with van der Waals surface area (Å²) in [6, 6.07) is 8.55. The van der Waals surface area contributed by atoms with Crippen molar-refractivity contribution < 1.29 is 9.47 Å². The fourth-order valence-electron chi connectivity index (χ4n) is 2.42. The SMILES string of the molecule is CCNC(=NCc1ccc(SC)cc1)NCCCOC1CCOC1.I. The van der Waals surface area contributed by atoms with Gasteiger partial charge < -0.3 is 20.1 Å². The highest BCUT2D eigenvalue weighted by atomic mass is 127. The molecule has 1 aliphatic rings. The highest BCUT2D eigenvalue weighted by molar-refractivity contribution is 14.0. The molecule has 25 heavy (non-hydrogen) atoms. The van der Waals surface area contributed by atoms with E-state index in [1.54, 1.807) is 11.8 Å². The van der Waals surface area contributed by atoms with Crippen molar-refractivity contribution in [2.75, 3.05) is 39.2 Å². The average Bonchev–Trinajstić information content (AvgIpc) is 3.13. The molecule has 1 aromatic rings. The van der Waals surface area contributed by atoms with E-state index in [2.05, 4.69) is 53.1 Å². The maximum Gasteiger partial charge on any atom is 0.191 e. The Morgan fingerprint density at radius 2 is 2.12 bits per heavy atom. The summed E-state index contributed by atoms with van der Waals surface area (Å²) in [5.41, 5.74) is 1.22. The van der Waals surface area contributed by atoms with E-state index in [0.717, 1.165) is 51.7 Å². The fraction of sp³-hybridized carbons (Fsp3) is 0.611. The Balaban J connectivity index is 0.00000312. The number of nitrogens with zero attached hydrogens (tertiary/aromatic N) is 1. The Morgan fingerprint density at radius 1 is 1.32 bits per heavy atom. The van der Waals surface area contributed by atoms with Crippen molar-refractivity contribution in [3.63, 3.8) is 0 Å². The minimum atomic E-state index is 0. The molecule has 142 valence electrons. The quantitative estimate of drug-likeness (QED) is 0.187. The molecule has 7 heteroatoms. The third kappa shape index (κ3) is 9.12. The van der Waals surface area contributed by atoms with Crippen LogP contribution in [0.2, 0.25) is 0 Å². The van der Waals surface area contributed by atoms with Gasteiger partial charge >= 0.3 is 0 Å². The zero-order valence-corrected chi connectivity index (χ0v) is 18.3. The van der Waals surface area contributed by atoms with Crippen LogP contribution in [0.4, 0.5) is 0 Å². The van der Waals surface area contributed by atoms with Gasteiger partial charge in [-0.1, -0.05) is 12.1 Å². The number of rotatable bonds is 9. The lowest BCUT2D eigenvalue weighted by molar-refractivity contribution is 0.0420. The van der Waals surface area contributed by atoms with E-state index in [0.29, 0.717) is 6.54 Å². The lowest BCUT2D eigenvalue weighted by Gasteiger charge is -2.13. The monoisotopic (exact) mass is 479 g/mol. The van der Waals surface area contributed by atoms with Crippen LogP contribution in [0.5, 0.6) is 0 Å². The number of hydrogen-bond donors (Lipinski definition) is 2. The molecule has 0 bridgehead atoms. The first kappa shape index (κ1) is 22.5. The third-order valence-electron chi connectivity index (χ3n) is 3.78. The highest BCUT2D eigenvalue weighted by Crippen LogP contribution is 2.15. The van der Waals surface area contributed by atoms with Crippen LogP contribution in [0.3, 0.4) is 0 Å². The van der Waals surface area contributed by atoms with Crippen molar-refractivity contribution in [1.82, 2.24) is 10.6 Å². The molecule has 1 saturated heterocycles. The molecular formula is C18H30IN3O2S. The largest absolute Gasteiger partial charge is 0.379 e. The first-order valence-corrected chi connectivity index (χ1v) is 9.88. The lowest BCUT2D eigenvalue weighted by Crippen LogP contribution is -2.38. The number of hydrogen-bond acceptors (Lipinski definition) is 4. The summed E-state index contributed by atoms with van der Waals surface area (Å²) in [5, 5.41) is 6.64. The molecule has 2 rings (SSSR count). The molecule has 1 aromatic carbocycles. The Labute approximate surface area is 172 Å². The van der Waals surface area contributed by atoms with Crippen molar-refractivity contribution in [2.24, 2.45) is 4.99 Å². The zero-order valence-electron chi connectivity index (χ0n) is 15.1. The Morgan fingerprint density at radius 3 is 2.76 bits per heavy atom. The number of thioether (sulfide) groups is 1. The van der Waals surface area contributed by atoms with Crippen LogP contribution in [0.1, 0.15) is 25.3 Å². The number of benzene rings is 1. The van der Waals surface area contributed by atoms with Crippen LogP contribution in [0.25, 0.3) is 0 Å². The Bertz CT molecular complexity index is 494. The number of aliphatic imine (C=N–C) groups is 1. The second-order valence-electron chi connectivity index (χ2n) is 5.68. The van der Waals surface area contributed by atoms with Crippen LogP contribution in [0, 0.1) is 0 Å². The van der Waals surface area contributed by atoms with E-state index in [-0.39, 0.29) is 30.1 Å². The number of guanidine groups is 1. The zero-order chi connectivity index (χ0) is 17.0. The molecule has 1 atom stereocenters. The molecule has 0 saturated carbocycles. The topological polar surface area (TPSA) is 54.9 Å². The average molecular weight is 479 g/mol. The minimum Gasteiger partial charge on any atom is -0.379 e. The maximum atomic E-state index is 5.77. The molecule has 1 heterocycles. The van der Waals surface area contributed by atoms with Gasteiger partial charge in [-0.2, -0.15) is 0 Å². The van der Waals surface area contributed by atoms with E-state index in [9.17, 15) is 0 Å². The summed E-state index contributed by atoms with van der Waals surface area (Å²) in [6.45, 7) is 6.80. The van der Waals surface area contributed by atoms with Gasteiger partial charge in [-0.15, -0.1) is 35.7 Å². The Kier molecular flexibility index (Phi) is 12.3. The first-order chi connectivity index (χ1) is 11.8. The second-order valence-corrected chi connectivity index (χ2v) is 6.56. The van der Waals surface area contributed by atoms with E-state index in [1.165, 1.54) is 10.5 Å². The van der Waals surface area contributed by atoms with E-state index in [1.807, 2.05) is 0 Å². The third-order valence-corrected chi connectivity index (χ3v) is 4.52. The summed E-state index contributed by atoms with van der Waals surface area (Å²) in [5.74, 6) is 0.857. The Hall–Kier alpha value is -0.510. The summed E-state index contributed by atoms with van der Waals surface area (Å²) < 4.78 is 11.1. The van der Waals surface area contributed by atoms with Gasteiger partial charge in [0, 0.05) is 31.2 Å². The van der Waals surface area contributed by atoms with Crippen LogP contribution < -0.4 is 10.6 Å². The van der Waals surface area contributed by atoms with Crippen molar-refractivity contribution in [3.05, 3.63) is 29.8 Å². The maximum absolute atomic E-state index is 5.77.